The Labute approximate surface area is 97.4 Å². The third-order valence-corrected chi connectivity index (χ3v) is 2.18. The van der Waals surface area contributed by atoms with Crippen LogP contribution < -0.4 is 10.1 Å². The van der Waals surface area contributed by atoms with Gasteiger partial charge in [0.1, 0.15) is 12.4 Å². The molecule has 3 nitrogen and oxygen atoms in total. The van der Waals surface area contributed by atoms with Crippen molar-refractivity contribution in [3.63, 3.8) is 0 Å². The minimum atomic E-state index is -0.434. The van der Waals surface area contributed by atoms with Gasteiger partial charge in [0.15, 0.2) is 0 Å². The Bertz CT molecular complexity index is 300. The average Bonchev–Trinajstić information content (AvgIpc) is 2.27. The molecule has 90 valence electrons. The van der Waals surface area contributed by atoms with Crippen LogP contribution in [-0.4, -0.2) is 24.4 Å². The molecule has 2 N–H and O–H groups in total. The van der Waals surface area contributed by atoms with E-state index in [4.69, 9.17) is 9.84 Å². The maximum absolute atomic E-state index is 9.12. The number of rotatable bonds is 7. The zero-order chi connectivity index (χ0) is 11.8. The zero-order valence-electron chi connectivity index (χ0n) is 10.1. The van der Waals surface area contributed by atoms with E-state index >= 15 is 0 Å². The van der Waals surface area contributed by atoms with Crippen LogP contribution in [0, 0.1) is 0 Å². The predicted octanol–water partition coefficient (Wildman–Crippen LogP) is 2.66. The molecule has 0 amide bonds. The summed E-state index contributed by atoms with van der Waals surface area (Å²) in [6.07, 6.45) is 1.92. The molecule has 0 aliphatic heterocycles. The number of aliphatic hydroxyl groups excluding tert-OH is 1. The molecule has 0 radical (unpaired) electrons. The highest BCUT2D eigenvalue weighted by Gasteiger charge is 1.99. The summed E-state index contributed by atoms with van der Waals surface area (Å²) in [5.74, 6) is 0.794. The zero-order valence-corrected chi connectivity index (χ0v) is 10.1. The van der Waals surface area contributed by atoms with Gasteiger partial charge >= 0.3 is 0 Å². The van der Waals surface area contributed by atoms with Crippen molar-refractivity contribution in [1.82, 2.24) is 0 Å². The first kappa shape index (κ1) is 12.8. The number of ether oxygens (including phenoxy) is 1. The fourth-order valence-electron chi connectivity index (χ4n) is 1.32. The standard InChI is InChI=1S/C13H21NO2/c1-3-4-8-14-12-6-5-7-13(9-12)16-10-11(2)15/h5-7,9,11,14-15H,3-4,8,10H2,1-2H3. The van der Waals surface area contributed by atoms with E-state index in [1.807, 2.05) is 24.3 Å². The smallest absolute Gasteiger partial charge is 0.121 e. The molecule has 3 heteroatoms. The molecule has 1 aromatic carbocycles. The highest BCUT2D eigenvalue weighted by atomic mass is 16.5. The molecule has 0 bridgehead atoms. The quantitative estimate of drug-likeness (QED) is 0.698. The maximum Gasteiger partial charge on any atom is 0.121 e. The van der Waals surface area contributed by atoms with E-state index < -0.39 is 6.10 Å². The van der Waals surface area contributed by atoms with Crippen molar-refractivity contribution in [3.8, 4) is 5.75 Å². The van der Waals surface area contributed by atoms with Crippen LogP contribution in [0.5, 0.6) is 5.75 Å². The lowest BCUT2D eigenvalue weighted by molar-refractivity contribution is 0.123. The molecular weight excluding hydrogens is 202 g/mol. The van der Waals surface area contributed by atoms with Gasteiger partial charge in [-0.15, -0.1) is 0 Å². The molecule has 0 saturated carbocycles. The van der Waals surface area contributed by atoms with Gasteiger partial charge in [-0.2, -0.15) is 0 Å². The average molecular weight is 223 g/mol. The van der Waals surface area contributed by atoms with Crippen LogP contribution in [0.3, 0.4) is 0 Å². The van der Waals surface area contributed by atoms with Crippen molar-refractivity contribution in [2.24, 2.45) is 0 Å². The summed E-state index contributed by atoms with van der Waals surface area (Å²) in [4.78, 5) is 0. The molecule has 0 aliphatic carbocycles. The van der Waals surface area contributed by atoms with Crippen LogP contribution in [0.1, 0.15) is 26.7 Å². The van der Waals surface area contributed by atoms with E-state index in [2.05, 4.69) is 12.2 Å². The Morgan fingerprint density at radius 3 is 2.94 bits per heavy atom. The molecule has 0 aromatic heterocycles. The second-order valence-electron chi connectivity index (χ2n) is 3.97. The van der Waals surface area contributed by atoms with E-state index in [0.29, 0.717) is 6.61 Å². The normalized spacial score (nSPS) is 12.2. The molecule has 0 spiro atoms. The number of aliphatic hydroxyl groups is 1. The van der Waals surface area contributed by atoms with Crippen molar-refractivity contribution in [3.05, 3.63) is 24.3 Å². The van der Waals surface area contributed by atoms with Crippen LogP contribution in [0.2, 0.25) is 0 Å². The van der Waals surface area contributed by atoms with Crippen LogP contribution >= 0.6 is 0 Å². The molecule has 1 unspecified atom stereocenters. The number of hydrogen-bond acceptors (Lipinski definition) is 3. The summed E-state index contributed by atoms with van der Waals surface area (Å²) in [5, 5.41) is 12.4. The van der Waals surface area contributed by atoms with Crippen molar-refractivity contribution in [1.29, 1.82) is 0 Å². The SMILES string of the molecule is CCCCNc1cccc(OCC(C)O)c1. The van der Waals surface area contributed by atoms with Gasteiger partial charge in [0, 0.05) is 18.3 Å². The van der Waals surface area contributed by atoms with Crippen molar-refractivity contribution >= 4 is 5.69 Å². The minimum Gasteiger partial charge on any atom is -0.491 e. The lowest BCUT2D eigenvalue weighted by Gasteiger charge is -2.10. The third kappa shape index (κ3) is 5.03. The Morgan fingerprint density at radius 1 is 1.44 bits per heavy atom. The summed E-state index contributed by atoms with van der Waals surface area (Å²) in [5.41, 5.74) is 1.07. The first-order valence-electron chi connectivity index (χ1n) is 5.87. The van der Waals surface area contributed by atoms with Crippen molar-refractivity contribution < 1.29 is 9.84 Å². The molecule has 1 aromatic rings. The van der Waals surface area contributed by atoms with Gasteiger partial charge in [0.25, 0.3) is 0 Å². The molecule has 0 saturated heterocycles. The topological polar surface area (TPSA) is 41.5 Å². The molecule has 0 heterocycles. The molecule has 16 heavy (non-hydrogen) atoms. The Hall–Kier alpha value is -1.22. The maximum atomic E-state index is 9.12. The third-order valence-electron chi connectivity index (χ3n) is 2.18. The van der Waals surface area contributed by atoms with Gasteiger partial charge in [-0.25, -0.2) is 0 Å². The molecular formula is C13H21NO2. The summed E-state index contributed by atoms with van der Waals surface area (Å²) in [6, 6.07) is 7.82. The summed E-state index contributed by atoms with van der Waals surface area (Å²) < 4.78 is 5.42. The van der Waals surface area contributed by atoms with Gasteiger partial charge in [0.05, 0.1) is 6.10 Å². The largest absolute Gasteiger partial charge is 0.491 e. The van der Waals surface area contributed by atoms with E-state index in [0.717, 1.165) is 18.0 Å². The summed E-state index contributed by atoms with van der Waals surface area (Å²) in [6.45, 7) is 5.20. The molecule has 0 aliphatic rings. The monoisotopic (exact) mass is 223 g/mol. The fraction of sp³-hybridized carbons (Fsp3) is 0.538. The fourth-order valence-corrected chi connectivity index (χ4v) is 1.32. The lowest BCUT2D eigenvalue weighted by Crippen LogP contribution is -2.12. The van der Waals surface area contributed by atoms with Crippen LogP contribution in [0.4, 0.5) is 5.69 Å². The van der Waals surface area contributed by atoms with E-state index in [1.165, 1.54) is 12.8 Å². The highest BCUT2D eigenvalue weighted by Crippen LogP contribution is 2.17. The van der Waals surface area contributed by atoms with Gasteiger partial charge in [-0.05, 0) is 25.5 Å². The Kier molecular flexibility index (Phi) is 5.72. The van der Waals surface area contributed by atoms with Gasteiger partial charge < -0.3 is 15.2 Å². The van der Waals surface area contributed by atoms with Crippen LogP contribution in [-0.2, 0) is 0 Å². The number of benzene rings is 1. The van der Waals surface area contributed by atoms with Crippen LogP contribution in [0.15, 0.2) is 24.3 Å². The van der Waals surface area contributed by atoms with E-state index in [-0.39, 0.29) is 0 Å². The summed E-state index contributed by atoms with van der Waals surface area (Å²) in [7, 11) is 0. The molecule has 1 atom stereocenters. The highest BCUT2D eigenvalue weighted by molar-refractivity contribution is 5.48. The van der Waals surface area contributed by atoms with Crippen LogP contribution in [0.25, 0.3) is 0 Å². The predicted molar refractivity (Wildman–Crippen MR) is 67.0 cm³/mol. The summed E-state index contributed by atoms with van der Waals surface area (Å²) >= 11 is 0. The second kappa shape index (κ2) is 7.12. The number of unbranched alkanes of at least 4 members (excludes halogenated alkanes) is 1. The second-order valence-corrected chi connectivity index (χ2v) is 3.97. The molecule has 1 rings (SSSR count). The first-order valence-corrected chi connectivity index (χ1v) is 5.87. The minimum absolute atomic E-state index is 0.332. The van der Waals surface area contributed by atoms with Gasteiger partial charge in [-0.1, -0.05) is 19.4 Å². The van der Waals surface area contributed by atoms with Crippen molar-refractivity contribution in [2.45, 2.75) is 32.8 Å². The number of hydrogen-bond donors (Lipinski definition) is 2. The Morgan fingerprint density at radius 2 is 2.25 bits per heavy atom. The van der Waals surface area contributed by atoms with E-state index in [9.17, 15) is 0 Å². The van der Waals surface area contributed by atoms with Crippen molar-refractivity contribution in [2.75, 3.05) is 18.5 Å². The lowest BCUT2D eigenvalue weighted by atomic mass is 10.3. The number of nitrogens with one attached hydrogen (secondary N) is 1. The molecule has 0 fully saturated rings. The first-order chi connectivity index (χ1) is 7.72. The van der Waals surface area contributed by atoms with E-state index in [1.54, 1.807) is 6.92 Å². The Balaban J connectivity index is 2.43. The number of anilines is 1. The van der Waals surface area contributed by atoms with Gasteiger partial charge in [0.2, 0.25) is 0 Å². The van der Waals surface area contributed by atoms with Gasteiger partial charge in [-0.3, -0.25) is 0 Å².